The first-order chi connectivity index (χ1) is 8.83. The lowest BCUT2D eigenvalue weighted by atomic mass is 10.1. The monoisotopic (exact) mass is 263 g/mol. The van der Waals surface area contributed by atoms with Crippen molar-refractivity contribution in [2.45, 2.75) is 33.3 Å². The molecule has 4 nitrogen and oxygen atoms in total. The Morgan fingerprint density at radius 3 is 2.53 bits per heavy atom. The molecule has 0 bridgehead atoms. The molecule has 0 aliphatic rings. The lowest BCUT2D eigenvalue weighted by Crippen LogP contribution is -2.27. The molecule has 0 radical (unpaired) electrons. The highest BCUT2D eigenvalue weighted by Gasteiger charge is 2.17. The highest BCUT2D eigenvalue weighted by atomic mass is 16.6. The van der Waals surface area contributed by atoms with Gasteiger partial charge in [-0.15, -0.1) is 0 Å². The number of carbonyl (C=O) groups excluding carboxylic acids is 1. The van der Waals surface area contributed by atoms with E-state index in [0.717, 1.165) is 5.56 Å². The zero-order chi connectivity index (χ0) is 14.5. The summed E-state index contributed by atoms with van der Waals surface area (Å²) in [6.07, 6.45) is -0.496. The number of benzene rings is 1. The second kappa shape index (κ2) is 6.27. The van der Waals surface area contributed by atoms with Gasteiger partial charge in [0.1, 0.15) is 11.4 Å². The summed E-state index contributed by atoms with van der Waals surface area (Å²) in [6, 6.07) is 7.31. The number of hydrogen-bond acceptors (Lipinski definition) is 3. The fourth-order valence-electron chi connectivity index (χ4n) is 1.50. The summed E-state index contributed by atoms with van der Waals surface area (Å²) in [5, 5.41) is 2.70. The summed E-state index contributed by atoms with van der Waals surface area (Å²) in [4.78, 5) is 11.8. The molecule has 104 valence electrons. The molecule has 0 aromatic heterocycles. The molecule has 0 heterocycles. The topological polar surface area (TPSA) is 47.6 Å². The van der Waals surface area contributed by atoms with E-state index in [-0.39, 0.29) is 0 Å². The maximum Gasteiger partial charge on any atom is 0.412 e. The van der Waals surface area contributed by atoms with Crippen molar-refractivity contribution in [3.05, 3.63) is 36.4 Å². The average Bonchev–Trinajstić information content (AvgIpc) is 2.27. The molecule has 0 aliphatic heterocycles. The molecule has 19 heavy (non-hydrogen) atoms. The van der Waals surface area contributed by atoms with Gasteiger partial charge in [-0.05, 0) is 39.8 Å². The Labute approximate surface area is 114 Å². The fraction of sp³-hybridized carbons (Fsp3) is 0.400. The van der Waals surface area contributed by atoms with Crippen molar-refractivity contribution in [2.24, 2.45) is 0 Å². The molecule has 0 aliphatic carbocycles. The predicted molar refractivity (Wildman–Crippen MR) is 77.0 cm³/mol. The number of amides is 1. The van der Waals surface area contributed by atoms with E-state index < -0.39 is 11.7 Å². The summed E-state index contributed by atoms with van der Waals surface area (Å²) in [5.74, 6) is 0.522. The van der Waals surface area contributed by atoms with Gasteiger partial charge >= 0.3 is 6.09 Å². The van der Waals surface area contributed by atoms with Crippen LogP contribution in [0.5, 0.6) is 0 Å². The van der Waals surface area contributed by atoms with Crippen molar-refractivity contribution in [3.8, 4) is 0 Å². The molecule has 1 N–H and O–H groups in total. The van der Waals surface area contributed by atoms with Gasteiger partial charge in [0, 0.05) is 5.56 Å². The summed E-state index contributed by atoms with van der Waals surface area (Å²) < 4.78 is 10.6. The normalized spacial score (nSPS) is 10.7. The van der Waals surface area contributed by atoms with Crippen LogP contribution in [0.25, 0.3) is 5.76 Å². The Morgan fingerprint density at radius 2 is 1.95 bits per heavy atom. The van der Waals surface area contributed by atoms with Gasteiger partial charge < -0.3 is 9.47 Å². The highest BCUT2D eigenvalue weighted by molar-refractivity contribution is 5.89. The smallest absolute Gasteiger partial charge is 0.412 e. The molecule has 1 rings (SSSR count). The molecule has 0 unspecified atom stereocenters. The number of nitrogens with one attached hydrogen (secondary N) is 1. The second-order valence-electron chi connectivity index (χ2n) is 5.03. The summed E-state index contributed by atoms with van der Waals surface area (Å²) in [7, 11) is 0. The van der Waals surface area contributed by atoms with Crippen LogP contribution in [-0.4, -0.2) is 18.3 Å². The van der Waals surface area contributed by atoms with Crippen molar-refractivity contribution in [3.63, 3.8) is 0 Å². The van der Waals surface area contributed by atoms with Crippen molar-refractivity contribution < 1.29 is 14.3 Å². The van der Waals surface area contributed by atoms with Gasteiger partial charge in [0.05, 0.1) is 12.3 Å². The molecular weight excluding hydrogens is 242 g/mol. The Bertz CT molecular complexity index is 461. The maximum absolute atomic E-state index is 11.8. The lowest BCUT2D eigenvalue weighted by molar-refractivity contribution is 0.0636. The zero-order valence-corrected chi connectivity index (χ0v) is 11.9. The summed E-state index contributed by atoms with van der Waals surface area (Å²) in [5.41, 5.74) is 0.834. The second-order valence-corrected chi connectivity index (χ2v) is 5.03. The van der Waals surface area contributed by atoms with Crippen LogP contribution in [0.3, 0.4) is 0 Å². The Kier molecular flexibility index (Phi) is 4.98. The number of rotatable bonds is 4. The van der Waals surface area contributed by atoms with Crippen LogP contribution in [0.1, 0.15) is 33.3 Å². The third kappa shape index (κ3) is 5.04. The van der Waals surface area contributed by atoms with Gasteiger partial charge in [-0.25, -0.2) is 4.79 Å². The first-order valence-electron chi connectivity index (χ1n) is 6.24. The molecule has 4 heteroatoms. The van der Waals surface area contributed by atoms with E-state index in [0.29, 0.717) is 18.1 Å². The molecule has 1 aromatic rings. The van der Waals surface area contributed by atoms with Crippen LogP contribution in [-0.2, 0) is 9.47 Å². The molecule has 0 spiro atoms. The molecule has 0 saturated heterocycles. The van der Waals surface area contributed by atoms with E-state index in [9.17, 15) is 4.79 Å². The Hall–Kier alpha value is -1.97. The average molecular weight is 263 g/mol. The predicted octanol–water partition coefficient (Wildman–Crippen LogP) is 4.04. The SMILES string of the molecule is C=C(OCC)c1ccccc1NC(=O)OC(C)(C)C. The Morgan fingerprint density at radius 1 is 1.32 bits per heavy atom. The summed E-state index contributed by atoms with van der Waals surface area (Å²) >= 11 is 0. The molecule has 0 fully saturated rings. The van der Waals surface area contributed by atoms with Crippen LogP contribution < -0.4 is 5.32 Å². The number of anilines is 1. The zero-order valence-electron chi connectivity index (χ0n) is 11.9. The van der Waals surface area contributed by atoms with Gasteiger partial charge in [-0.3, -0.25) is 5.32 Å². The number of hydrogen-bond donors (Lipinski definition) is 1. The van der Waals surface area contributed by atoms with Crippen LogP contribution in [0.4, 0.5) is 10.5 Å². The summed E-state index contributed by atoms with van der Waals surface area (Å²) in [6.45, 7) is 11.7. The molecule has 0 saturated carbocycles. The Balaban J connectivity index is 2.84. The van der Waals surface area contributed by atoms with E-state index in [4.69, 9.17) is 9.47 Å². The van der Waals surface area contributed by atoms with Crippen LogP contribution in [0.15, 0.2) is 30.8 Å². The van der Waals surface area contributed by atoms with Gasteiger partial charge in [-0.2, -0.15) is 0 Å². The minimum Gasteiger partial charge on any atom is -0.494 e. The van der Waals surface area contributed by atoms with Gasteiger partial charge in [-0.1, -0.05) is 18.7 Å². The van der Waals surface area contributed by atoms with Crippen molar-refractivity contribution in [2.75, 3.05) is 11.9 Å². The third-order valence-corrected chi connectivity index (χ3v) is 2.18. The number of carbonyl (C=O) groups is 1. The quantitative estimate of drug-likeness (QED) is 0.834. The number of para-hydroxylation sites is 1. The fourth-order valence-corrected chi connectivity index (χ4v) is 1.50. The molecule has 1 amide bonds. The first-order valence-corrected chi connectivity index (χ1v) is 6.24. The van der Waals surface area contributed by atoms with E-state index in [1.54, 1.807) is 6.07 Å². The van der Waals surface area contributed by atoms with E-state index >= 15 is 0 Å². The molecular formula is C15H21NO3. The minimum atomic E-state index is -0.532. The maximum atomic E-state index is 11.8. The highest BCUT2D eigenvalue weighted by Crippen LogP contribution is 2.24. The van der Waals surface area contributed by atoms with Gasteiger partial charge in [0.25, 0.3) is 0 Å². The van der Waals surface area contributed by atoms with E-state index in [1.165, 1.54) is 0 Å². The van der Waals surface area contributed by atoms with Crippen molar-refractivity contribution >= 4 is 17.5 Å². The van der Waals surface area contributed by atoms with E-state index in [2.05, 4.69) is 11.9 Å². The van der Waals surface area contributed by atoms with Crippen LogP contribution in [0, 0.1) is 0 Å². The standard InChI is InChI=1S/C15H21NO3/c1-6-18-11(2)12-9-7-8-10-13(12)16-14(17)19-15(3,4)5/h7-10H,2,6H2,1,3-5H3,(H,16,17). The van der Waals surface area contributed by atoms with E-state index in [1.807, 2.05) is 45.9 Å². The third-order valence-electron chi connectivity index (χ3n) is 2.18. The van der Waals surface area contributed by atoms with Gasteiger partial charge in [0.15, 0.2) is 0 Å². The number of ether oxygens (including phenoxy) is 2. The van der Waals surface area contributed by atoms with Crippen LogP contribution in [0.2, 0.25) is 0 Å². The van der Waals surface area contributed by atoms with Crippen molar-refractivity contribution in [1.82, 2.24) is 0 Å². The van der Waals surface area contributed by atoms with Crippen molar-refractivity contribution in [1.29, 1.82) is 0 Å². The largest absolute Gasteiger partial charge is 0.494 e. The minimum absolute atomic E-state index is 0.496. The molecule has 0 atom stereocenters. The first kappa shape index (κ1) is 15.1. The van der Waals surface area contributed by atoms with Gasteiger partial charge in [0.2, 0.25) is 0 Å². The van der Waals surface area contributed by atoms with Crippen LogP contribution >= 0.6 is 0 Å². The lowest BCUT2D eigenvalue weighted by Gasteiger charge is -2.20. The molecule has 1 aromatic carbocycles.